The summed E-state index contributed by atoms with van der Waals surface area (Å²) >= 11 is 0. The lowest BCUT2D eigenvalue weighted by Crippen LogP contribution is -2.27. The Balaban J connectivity index is 1.99. The predicted molar refractivity (Wildman–Crippen MR) is 101 cm³/mol. The monoisotopic (exact) mass is 369 g/mol. The van der Waals surface area contributed by atoms with Gasteiger partial charge in [0.2, 0.25) is 0 Å². The maximum atomic E-state index is 13.1. The number of fused-ring (bicyclic) bond motifs is 1. The van der Waals surface area contributed by atoms with Gasteiger partial charge in [-0.2, -0.15) is 0 Å². The molecule has 0 aromatic heterocycles. The average molecular weight is 369 g/mol. The van der Waals surface area contributed by atoms with E-state index < -0.39 is 9.84 Å². The molecular formula is C19H20BNO4S. The van der Waals surface area contributed by atoms with Crippen LogP contribution < -0.4 is 10.2 Å². The van der Waals surface area contributed by atoms with E-state index in [0.29, 0.717) is 24.3 Å². The largest absolute Gasteiger partial charge is 0.490 e. The first-order valence-corrected chi connectivity index (χ1v) is 10.2. The molecule has 1 aliphatic heterocycles. The molecule has 0 bridgehead atoms. The van der Waals surface area contributed by atoms with Gasteiger partial charge < -0.3 is 9.64 Å². The number of carbonyl (C=O) groups excluding carboxylic acids is 1. The lowest BCUT2D eigenvalue weighted by molar-refractivity contribution is 0.0745. The van der Waals surface area contributed by atoms with Gasteiger partial charge in [-0.1, -0.05) is 23.7 Å². The van der Waals surface area contributed by atoms with Crippen LogP contribution in [0.1, 0.15) is 35.3 Å². The van der Waals surface area contributed by atoms with Crippen molar-refractivity contribution in [3.05, 3.63) is 53.1 Å². The van der Waals surface area contributed by atoms with Gasteiger partial charge in [0.15, 0.2) is 9.84 Å². The van der Waals surface area contributed by atoms with Crippen molar-refractivity contribution in [2.24, 2.45) is 0 Å². The Morgan fingerprint density at radius 1 is 1.19 bits per heavy atom. The third-order valence-corrected chi connectivity index (χ3v) is 5.39. The maximum Gasteiger partial charge on any atom is 0.258 e. The van der Waals surface area contributed by atoms with E-state index in [2.05, 4.69) is 0 Å². The Morgan fingerprint density at radius 3 is 2.54 bits per heavy atom. The number of ether oxygens (including phenoxy) is 1. The molecule has 2 aromatic rings. The van der Waals surface area contributed by atoms with E-state index in [1.54, 1.807) is 11.0 Å². The highest BCUT2D eigenvalue weighted by Crippen LogP contribution is 2.29. The third kappa shape index (κ3) is 3.63. The minimum Gasteiger partial charge on any atom is -0.490 e. The normalized spacial score (nSPS) is 13.8. The van der Waals surface area contributed by atoms with Crippen LogP contribution in [0, 0.1) is 0 Å². The van der Waals surface area contributed by atoms with Crippen molar-refractivity contribution in [2.45, 2.75) is 37.9 Å². The molecule has 0 fully saturated rings. The van der Waals surface area contributed by atoms with Crippen molar-refractivity contribution in [1.82, 2.24) is 4.90 Å². The number of nitrogens with zero attached hydrogens (tertiary/aromatic N) is 1. The van der Waals surface area contributed by atoms with Crippen molar-refractivity contribution in [3.8, 4) is 5.75 Å². The van der Waals surface area contributed by atoms with Crippen LogP contribution in [0.4, 0.5) is 0 Å². The van der Waals surface area contributed by atoms with Gasteiger partial charge in [0.05, 0.1) is 16.6 Å². The molecule has 0 N–H and O–H groups in total. The van der Waals surface area contributed by atoms with E-state index in [9.17, 15) is 13.2 Å². The molecule has 0 unspecified atom stereocenters. The molecule has 1 heterocycles. The number of hydrogen-bond donors (Lipinski definition) is 0. The Morgan fingerprint density at radius 2 is 1.92 bits per heavy atom. The Kier molecular flexibility index (Phi) is 4.84. The topological polar surface area (TPSA) is 63.7 Å². The smallest absolute Gasteiger partial charge is 0.258 e. The van der Waals surface area contributed by atoms with E-state index >= 15 is 0 Å². The first kappa shape index (κ1) is 18.5. The highest BCUT2D eigenvalue weighted by molar-refractivity contribution is 7.90. The van der Waals surface area contributed by atoms with Crippen LogP contribution in [-0.4, -0.2) is 39.4 Å². The highest BCUT2D eigenvalue weighted by atomic mass is 32.2. The van der Waals surface area contributed by atoms with Crippen molar-refractivity contribution in [2.75, 3.05) is 6.26 Å². The molecule has 5 nitrogen and oxygen atoms in total. The molecule has 26 heavy (non-hydrogen) atoms. The molecule has 0 saturated heterocycles. The van der Waals surface area contributed by atoms with Crippen molar-refractivity contribution in [3.63, 3.8) is 0 Å². The van der Waals surface area contributed by atoms with Crippen molar-refractivity contribution < 1.29 is 17.9 Å². The minimum atomic E-state index is -3.43. The lowest BCUT2D eigenvalue weighted by Gasteiger charge is -2.20. The number of amides is 1. The average Bonchev–Trinajstić information content (AvgIpc) is 2.98. The van der Waals surface area contributed by atoms with Crippen LogP contribution in [0.15, 0.2) is 41.3 Å². The molecule has 0 saturated carbocycles. The first-order chi connectivity index (χ1) is 12.2. The molecule has 0 spiro atoms. The summed E-state index contributed by atoms with van der Waals surface area (Å²) in [5, 5.41) is 0. The van der Waals surface area contributed by atoms with E-state index in [1.165, 1.54) is 12.1 Å². The number of benzene rings is 2. The van der Waals surface area contributed by atoms with Crippen LogP contribution in [0.25, 0.3) is 0 Å². The highest BCUT2D eigenvalue weighted by Gasteiger charge is 2.28. The fourth-order valence-corrected chi connectivity index (χ4v) is 3.67. The molecule has 0 aliphatic carbocycles. The van der Waals surface area contributed by atoms with Crippen LogP contribution in [-0.2, 0) is 22.9 Å². The molecule has 3 rings (SSSR count). The quantitative estimate of drug-likeness (QED) is 0.772. The zero-order valence-electron chi connectivity index (χ0n) is 15.0. The molecular weight excluding hydrogens is 349 g/mol. The van der Waals surface area contributed by atoms with Crippen LogP contribution in [0.5, 0.6) is 5.75 Å². The van der Waals surface area contributed by atoms with Crippen LogP contribution in [0.3, 0.4) is 0 Å². The second-order valence-corrected chi connectivity index (χ2v) is 8.76. The summed E-state index contributed by atoms with van der Waals surface area (Å²) < 4.78 is 29.5. The van der Waals surface area contributed by atoms with E-state index in [1.807, 2.05) is 32.0 Å². The second kappa shape index (κ2) is 6.80. The standard InChI is InChI=1S/C19H20BNO4S/c1-12(2)25-18-8-7-14(26(3,23)24)9-15(18)19(22)21-10-13-5-4-6-17(20)16(13)11-21/h4-9,12H,10-11H2,1-3H3. The Labute approximate surface area is 155 Å². The first-order valence-electron chi connectivity index (χ1n) is 8.33. The summed E-state index contributed by atoms with van der Waals surface area (Å²) in [6, 6.07) is 10.0. The summed E-state index contributed by atoms with van der Waals surface area (Å²) in [6.07, 6.45) is 0.975. The summed E-state index contributed by atoms with van der Waals surface area (Å²) in [5.74, 6) is 0.100. The van der Waals surface area contributed by atoms with Gasteiger partial charge in [0.25, 0.3) is 5.91 Å². The fourth-order valence-electron chi connectivity index (χ4n) is 3.03. The molecule has 7 heteroatoms. The molecule has 1 amide bonds. The summed E-state index contributed by atoms with van der Waals surface area (Å²) in [7, 11) is 2.57. The van der Waals surface area contributed by atoms with Gasteiger partial charge in [-0.3, -0.25) is 4.79 Å². The second-order valence-electron chi connectivity index (χ2n) is 6.74. The number of rotatable bonds is 4. The van der Waals surface area contributed by atoms with Gasteiger partial charge in [0.1, 0.15) is 13.6 Å². The molecule has 0 atom stereocenters. The Bertz CT molecular complexity index is 969. The van der Waals surface area contributed by atoms with Gasteiger partial charge in [-0.15, -0.1) is 0 Å². The van der Waals surface area contributed by atoms with Gasteiger partial charge >= 0.3 is 0 Å². The van der Waals surface area contributed by atoms with Gasteiger partial charge in [0, 0.05) is 19.3 Å². The minimum absolute atomic E-state index is 0.0909. The van der Waals surface area contributed by atoms with Crippen LogP contribution >= 0.6 is 0 Å². The van der Waals surface area contributed by atoms with Crippen molar-refractivity contribution >= 4 is 29.1 Å². The maximum absolute atomic E-state index is 13.1. The number of carbonyl (C=O) groups is 1. The zero-order valence-corrected chi connectivity index (χ0v) is 15.8. The number of sulfone groups is 1. The lowest BCUT2D eigenvalue weighted by atomic mass is 9.89. The molecule has 2 aromatic carbocycles. The fraction of sp³-hybridized carbons (Fsp3) is 0.316. The predicted octanol–water partition coefficient (Wildman–Crippen LogP) is 1.83. The summed E-state index contributed by atoms with van der Waals surface area (Å²) in [6.45, 7) is 4.53. The summed E-state index contributed by atoms with van der Waals surface area (Å²) in [4.78, 5) is 14.9. The molecule has 2 radical (unpaired) electrons. The van der Waals surface area contributed by atoms with E-state index in [4.69, 9.17) is 12.6 Å². The number of hydrogen-bond acceptors (Lipinski definition) is 4. The molecule has 1 aliphatic rings. The van der Waals surface area contributed by atoms with Gasteiger partial charge in [-0.25, -0.2) is 8.42 Å². The van der Waals surface area contributed by atoms with E-state index in [0.717, 1.165) is 17.4 Å². The van der Waals surface area contributed by atoms with Gasteiger partial charge in [-0.05, 0) is 43.2 Å². The summed E-state index contributed by atoms with van der Waals surface area (Å²) in [5.41, 5.74) is 2.84. The van der Waals surface area contributed by atoms with Crippen LogP contribution in [0.2, 0.25) is 0 Å². The zero-order chi connectivity index (χ0) is 19.1. The van der Waals surface area contributed by atoms with Crippen molar-refractivity contribution in [1.29, 1.82) is 0 Å². The SMILES string of the molecule is [B]c1cccc2c1CN(C(=O)c1cc(S(C)(=O)=O)ccc1OC(C)C)C2. The molecule has 134 valence electrons. The van der Waals surface area contributed by atoms with E-state index in [-0.39, 0.29) is 22.5 Å². The third-order valence-electron chi connectivity index (χ3n) is 4.28. The Hall–Kier alpha value is -2.28.